The Morgan fingerprint density at radius 3 is 3.07 bits per heavy atom. The predicted molar refractivity (Wildman–Crippen MR) is 60.4 cm³/mol. The van der Waals surface area contributed by atoms with E-state index in [1.165, 1.54) is 12.8 Å². The lowest BCUT2D eigenvalue weighted by Gasteiger charge is -2.20. The number of rotatable bonds is 1. The summed E-state index contributed by atoms with van der Waals surface area (Å²) in [5.74, 6) is 1.74. The van der Waals surface area contributed by atoms with Crippen LogP contribution in [0.1, 0.15) is 12.8 Å². The maximum atomic E-state index is 5.67. The number of amidine groups is 1. The molecule has 0 bridgehead atoms. The van der Waals surface area contributed by atoms with Gasteiger partial charge in [-0.2, -0.15) is 0 Å². The molecule has 2 aliphatic rings. The molecule has 1 aliphatic carbocycles. The zero-order valence-corrected chi connectivity index (χ0v) is 8.36. The van der Waals surface area contributed by atoms with Crippen molar-refractivity contribution < 1.29 is 4.74 Å². The minimum atomic E-state index is 0.520. The molecule has 1 heterocycles. The largest absolute Gasteiger partial charge is 0.483 e. The number of aliphatic imine (C=N–C) groups is 1. The van der Waals surface area contributed by atoms with Gasteiger partial charge in [-0.3, -0.25) is 4.99 Å². The maximum Gasteiger partial charge on any atom is 0.146 e. The zero-order valence-electron chi connectivity index (χ0n) is 8.36. The third kappa shape index (κ3) is 1.75. The molecule has 0 unspecified atom stereocenters. The number of nitrogens with one attached hydrogen (secondary N) is 1. The van der Waals surface area contributed by atoms with Crippen molar-refractivity contribution in [3.05, 3.63) is 18.2 Å². The summed E-state index contributed by atoms with van der Waals surface area (Å²) in [6, 6.07) is 6.13. The number of nitrogens with two attached hydrogens (primary N) is 1. The van der Waals surface area contributed by atoms with Crippen LogP contribution in [0, 0.1) is 0 Å². The summed E-state index contributed by atoms with van der Waals surface area (Å²) in [4.78, 5) is 4.52. The van der Waals surface area contributed by atoms with Crippen molar-refractivity contribution in [2.24, 2.45) is 4.99 Å². The Morgan fingerprint density at radius 1 is 1.40 bits per heavy atom. The number of nitrogen functional groups attached to an aromatic ring is 1. The van der Waals surface area contributed by atoms with Gasteiger partial charge in [-0.25, -0.2) is 0 Å². The van der Waals surface area contributed by atoms with Gasteiger partial charge in [0, 0.05) is 11.8 Å². The number of hydrogen-bond donors (Lipinski definition) is 2. The molecule has 0 saturated heterocycles. The minimum Gasteiger partial charge on any atom is -0.483 e. The summed E-state index contributed by atoms with van der Waals surface area (Å²) in [7, 11) is 0. The second-order valence-electron chi connectivity index (χ2n) is 3.98. The van der Waals surface area contributed by atoms with Crippen molar-refractivity contribution >= 4 is 17.2 Å². The van der Waals surface area contributed by atoms with Crippen molar-refractivity contribution in [2.75, 3.05) is 17.7 Å². The molecule has 0 aromatic heterocycles. The monoisotopic (exact) mass is 203 g/mol. The number of benzene rings is 1. The molecular formula is C11H13N3O. The van der Waals surface area contributed by atoms with Crippen LogP contribution in [0.5, 0.6) is 5.75 Å². The van der Waals surface area contributed by atoms with Gasteiger partial charge >= 0.3 is 0 Å². The molecule has 4 heteroatoms. The fourth-order valence-corrected chi connectivity index (χ4v) is 1.59. The van der Waals surface area contributed by atoms with Crippen LogP contribution >= 0.6 is 0 Å². The lowest BCUT2D eigenvalue weighted by molar-refractivity contribution is 0.372. The average Bonchev–Trinajstić information content (AvgIpc) is 3.02. The van der Waals surface area contributed by atoms with Gasteiger partial charge in [-0.05, 0) is 25.0 Å². The molecule has 15 heavy (non-hydrogen) atoms. The molecule has 4 nitrogen and oxygen atoms in total. The van der Waals surface area contributed by atoms with Gasteiger partial charge in [0.2, 0.25) is 0 Å². The van der Waals surface area contributed by atoms with E-state index in [1.54, 1.807) is 0 Å². The SMILES string of the molecule is Nc1ccc2c(c1)OCC(=NC1CC1)N2. The first-order valence-corrected chi connectivity index (χ1v) is 5.17. The number of ether oxygens (including phenoxy) is 1. The molecular weight excluding hydrogens is 190 g/mol. The highest BCUT2D eigenvalue weighted by atomic mass is 16.5. The molecule has 1 aliphatic heterocycles. The summed E-state index contributed by atoms with van der Waals surface area (Å²) in [6.45, 7) is 0.521. The van der Waals surface area contributed by atoms with Crippen molar-refractivity contribution in [2.45, 2.75) is 18.9 Å². The second-order valence-corrected chi connectivity index (χ2v) is 3.98. The summed E-state index contributed by atoms with van der Waals surface area (Å²) in [6.07, 6.45) is 2.42. The first kappa shape index (κ1) is 8.59. The fraction of sp³-hybridized carbons (Fsp3) is 0.364. The highest BCUT2D eigenvalue weighted by Crippen LogP contribution is 2.31. The standard InChI is InChI=1S/C11H13N3O/c12-7-1-4-9-10(5-7)15-6-11(14-9)13-8-2-3-8/h1,4-5,8H,2-3,6,12H2,(H,13,14). The van der Waals surface area contributed by atoms with E-state index < -0.39 is 0 Å². The minimum absolute atomic E-state index is 0.520. The summed E-state index contributed by atoms with van der Waals surface area (Å²) < 4.78 is 5.57. The number of nitrogens with zero attached hydrogens (tertiary/aromatic N) is 1. The van der Waals surface area contributed by atoms with Crippen LogP contribution in [0.2, 0.25) is 0 Å². The molecule has 0 amide bonds. The van der Waals surface area contributed by atoms with Crippen LogP contribution in [0.25, 0.3) is 0 Å². The van der Waals surface area contributed by atoms with Gasteiger partial charge in [0.15, 0.2) is 0 Å². The number of anilines is 2. The molecule has 0 spiro atoms. The highest BCUT2D eigenvalue weighted by molar-refractivity contribution is 6.00. The van der Waals surface area contributed by atoms with E-state index in [0.717, 1.165) is 23.0 Å². The van der Waals surface area contributed by atoms with Crippen molar-refractivity contribution in [3.63, 3.8) is 0 Å². The molecule has 1 saturated carbocycles. The van der Waals surface area contributed by atoms with Crippen LogP contribution < -0.4 is 15.8 Å². The molecule has 1 aromatic rings. The van der Waals surface area contributed by atoms with Crippen LogP contribution in [0.3, 0.4) is 0 Å². The van der Waals surface area contributed by atoms with Crippen LogP contribution in [0.15, 0.2) is 23.2 Å². The van der Waals surface area contributed by atoms with E-state index in [1.807, 2.05) is 18.2 Å². The third-order valence-electron chi connectivity index (χ3n) is 2.53. The van der Waals surface area contributed by atoms with Gasteiger partial charge in [-0.15, -0.1) is 0 Å². The normalized spacial score (nSPS) is 21.7. The highest BCUT2D eigenvalue weighted by Gasteiger charge is 2.23. The fourth-order valence-electron chi connectivity index (χ4n) is 1.59. The first-order valence-electron chi connectivity index (χ1n) is 5.17. The van der Waals surface area contributed by atoms with E-state index in [2.05, 4.69) is 10.3 Å². The molecule has 3 N–H and O–H groups in total. The smallest absolute Gasteiger partial charge is 0.146 e. The van der Waals surface area contributed by atoms with Gasteiger partial charge < -0.3 is 15.8 Å². The average molecular weight is 203 g/mol. The zero-order chi connectivity index (χ0) is 10.3. The molecule has 78 valence electrons. The Kier molecular flexibility index (Phi) is 1.80. The van der Waals surface area contributed by atoms with E-state index >= 15 is 0 Å². The Balaban J connectivity index is 1.86. The molecule has 0 atom stereocenters. The maximum absolute atomic E-state index is 5.67. The molecule has 0 radical (unpaired) electrons. The van der Waals surface area contributed by atoms with Gasteiger partial charge in [0.25, 0.3) is 0 Å². The van der Waals surface area contributed by atoms with E-state index in [4.69, 9.17) is 10.5 Å². The Labute approximate surface area is 88.1 Å². The summed E-state index contributed by atoms with van der Waals surface area (Å²) in [5, 5.41) is 3.26. The van der Waals surface area contributed by atoms with Gasteiger partial charge in [0.1, 0.15) is 18.2 Å². The predicted octanol–water partition coefficient (Wildman–Crippen LogP) is 1.63. The first-order chi connectivity index (χ1) is 7.31. The number of fused-ring (bicyclic) bond motifs is 1. The Bertz CT molecular complexity index is 424. The molecule has 1 fully saturated rings. The van der Waals surface area contributed by atoms with Crippen LogP contribution in [-0.2, 0) is 0 Å². The van der Waals surface area contributed by atoms with Gasteiger partial charge in [-0.1, -0.05) is 0 Å². The summed E-state index contributed by atoms with van der Waals surface area (Å²) >= 11 is 0. The lowest BCUT2D eigenvalue weighted by Crippen LogP contribution is -2.26. The second kappa shape index (κ2) is 3.15. The Morgan fingerprint density at radius 2 is 2.27 bits per heavy atom. The van der Waals surface area contributed by atoms with E-state index in [9.17, 15) is 0 Å². The van der Waals surface area contributed by atoms with Gasteiger partial charge in [0.05, 0.1) is 11.7 Å². The quantitative estimate of drug-likeness (QED) is 0.682. The Hall–Kier alpha value is -1.71. The van der Waals surface area contributed by atoms with E-state index in [0.29, 0.717) is 12.6 Å². The van der Waals surface area contributed by atoms with Crippen LogP contribution in [-0.4, -0.2) is 18.5 Å². The van der Waals surface area contributed by atoms with Crippen LogP contribution in [0.4, 0.5) is 11.4 Å². The van der Waals surface area contributed by atoms with Crippen molar-refractivity contribution in [1.29, 1.82) is 0 Å². The molecule has 3 rings (SSSR count). The van der Waals surface area contributed by atoms with Crippen molar-refractivity contribution in [1.82, 2.24) is 0 Å². The van der Waals surface area contributed by atoms with Crippen molar-refractivity contribution in [3.8, 4) is 5.75 Å². The molecule has 1 aromatic carbocycles. The summed E-state index contributed by atoms with van der Waals surface area (Å²) in [5.41, 5.74) is 7.34. The van der Waals surface area contributed by atoms with E-state index in [-0.39, 0.29) is 0 Å². The topological polar surface area (TPSA) is 59.6 Å². The third-order valence-corrected chi connectivity index (χ3v) is 2.53. The lowest BCUT2D eigenvalue weighted by atomic mass is 10.2. The number of hydrogen-bond acceptors (Lipinski definition) is 3.